The molecule has 0 aromatic carbocycles. The maximum atomic E-state index is 11.4. The number of aliphatic hydroxyl groups excluding tert-OH is 2. The van der Waals surface area contributed by atoms with Crippen molar-refractivity contribution in [3.63, 3.8) is 0 Å². The number of rotatable bonds is 3. The molecule has 0 aromatic rings. The summed E-state index contributed by atoms with van der Waals surface area (Å²) >= 11 is 0. The third-order valence-electron chi connectivity index (χ3n) is 3.02. The molecule has 4 heteroatoms. The van der Waals surface area contributed by atoms with Gasteiger partial charge in [0.1, 0.15) is 6.10 Å². The van der Waals surface area contributed by atoms with Crippen LogP contribution in [0.4, 0.5) is 0 Å². The van der Waals surface area contributed by atoms with Gasteiger partial charge < -0.3 is 14.9 Å². The number of carbonyl (C=O) groups excluding carboxylic acids is 1. The summed E-state index contributed by atoms with van der Waals surface area (Å²) in [6.45, 7) is 3.56. The van der Waals surface area contributed by atoms with Gasteiger partial charge in [-0.15, -0.1) is 0 Å². The van der Waals surface area contributed by atoms with Crippen molar-refractivity contribution in [3.05, 3.63) is 0 Å². The maximum Gasteiger partial charge on any atom is 0.311 e. The first-order valence-electron chi connectivity index (χ1n) is 5.61. The standard InChI is InChI=1S/C11H20O4/c1-3-8(12)6-9-4-5-10(13)7(2)11(14)15-9/h7-10,12-13H,3-6H2,1-2H3/t7-,8+,9+,10+/m1/s1. The summed E-state index contributed by atoms with van der Waals surface area (Å²) in [5.41, 5.74) is 0. The fourth-order valence-corrected chi connectivity index (χ4v) is 1.73. The molecule has 1 rings (SSSR count). The number of cyclic esters (lactones) is 1. The van der Waals surface area contributed by atoms with Crippen molar-refractivity contribution in [3.8, 4) is 0 Å². The number of hydrogen-bond donors (Lipinski definition) is 2. The molecule has 0 unspecified atom stereocenters. The molecule has 1 aliphatic heterocycles. The summed E-state index contributed by atoms with van der Waals surface area (Å²) in [4.78, 5) is 11.4. The van der Waals surface area contributed by atoms with E-state index in [9.17, 15) is 15.0 Å². The van der Waals surface area contributed by atoms with Crippen molar-refractivity contribution in [2.24, 2.45) is 5.92 Å². The monoisotopic (exact) mass is 216 g/mol. The molecule has 1 heterocycles. The number of esters is 1. The van der Waals surface area contributed by atoms with Crippen molar-refractivity contribution >= 4 is 5.97 Å². The zero-order valence-corrected chi connectivity index (χ0v) is 9.35. The van der Waals surface area contributed by atoms with Crippen LogP contribution >= 0.6 is 0 Å². The highest BCUT2D eigenvalue weighted by Crippen LogP contribution is 2.22. The Bertz CT molecular complexity index is 217. The van der Waals surface area contributed by atoms with Gasteiger partial charge in [0.25, 0.3) is 0 Å². The Labute approximate surface area is 90.2 Å². The van der Waals surface area contributed by atoms with Gasteiger partial charge in [-0.3, -0.25) is 4.79 Å². The van der Waals surface area contributed by atoms with E-state index in [1.54, 1.807) is 6.92 Å². The van der Waals surface area contributed by atoms with E-state index in [0.29, 0.717) is 25.7 Å². The largest absolute Gasteiger partial charge is 0.462 e. The average Bonchev–Trinajstić information content (AvgIpc) is 2.33. The third kappa shape index (κ3) is 3.47. The molecule has 4 nitrogen and oxygen atoms in total. The zero-order chi connectivity index (χ0) is 11.4. The van der Waals surface area contributed by atoms with Crippen LogP contribution in [0.3, 0.4) is 0 Å². The first-order chi connectivity index (χ1) is 7.04. The van der Waals surface area contributed by atoms with Crippen molar-refractivity contribution in [2.45, 2.75) is 57.8 Å². The first kappa shape index (κ1) is 12.5. The summed E-state index contributed by atoms with van der Waals surface area (Å²) in [5.74, 6) is -0.804. The van der Waals surface area contributed by atoms with Crippen LogP contribution < -0.4 is 0 Å². The van der Waals surface area contributed by atoms with Crippen LogP contribution in [0.15, 0.2) is 0 Å². The topological polar surface area (TPSA) is 66.8 Å². The molecule has 0 amide bonds. The highest BCUT2D eigenvalue weighted by molar-refractivity contribution is 5.73. The van der Waals surface area contributed by atoms with Crippen LogP contribution in [0.2, 0.25) is 0 Å². The van der Waals surface area contributed by atoms with Gasteiger partial charge in [-0.25, -0.2) is 0 Å². The normalized spacial score (nSPS) is 34.4. The Kier molecular flexibility index (Phi) is 4.54. The molecule has 1 saturated heterocycles. The lowest BCUT2D eigenvalue weighted by Crippen LogP contribution is -2.26. The van der Waals surface area contributed by atoms with E-state index in [-0.39, 0.29) is 12.1 Å². The first-order valence-corrected chi connectivity index (χ1v) is 5.61. The lowest BCUT2D eigenvalue weighted by Gasteiger charge is -2.18. The second kappa shape index (κ2) is 5.47. The van der Waals surface area contributed by atoms with Crippen molar-refractivity contribution in [1.29, 1.82) is 0 Å². The number of carbonyl (C=O) groups is 1. The van der Waals surface area contributed by atoms with Crippen LogP contribution in [0, 0.1) is 5.92 Å². The Morgan fingerprint density at radius 3 is 2.80 bits per heavy atom. The van der Waals surface area contributed by atoms with E-state index in [2.05, 4.69) is 0 Å². The van der Waals surface area contributed by atoms with Crippen LogP contribution in [0.5, 0.6) is 0 Å². The van der Waals surface area contributed by atoms with Gasteiger partial charge in [0, 0.05) is 6.42 Å². The lowest BCUT2D eigenvalue weighted by atomic mass is 9.99. The predicted octanol–water partition coefficient (Wildman–Crippen LogP) is 0.850. The van der Waals surface area contributed by atoms with E-state index < -0.39 is 18.1 Å². The van der Waals surface area contributed by atoms with Gasteiger partial charge in [0.15, 0.2) is 0 Å². The van der Waals surface area contributed by atoms with Crippen molar-refractivity contribution in [2.75, 3.05) is 0 Å². The zero-order valence-electron chi connectivity index (χ0n) is 9.35. The van der Waals surface area contributed by atoms with Crippen molar-refractivity contribution < 1.29 is 19.7 Å². The fourth-order valence-electron chi connectivity index (χ4n) is 1.73. The molecule has 1 aliphatic rings. The van der Waals surface area contributed by atoms with E-state index in [0.717, 1.165) is 0 Å². The molecule has 0 aliphatic carbocycles. The van der Waals surface area contributed by atoms with Gasteiger partial charge in [-0.2, -0.15) is 0 Å². The van der Waals surface area contributed by atoms with Crippen molar-refractivity contribution in [1.82, 2.24) is 0 Å². The highest BCUT2D eigenvalue weighted by atomic mass is 16.5. The van der Waals surface area contributed by atoms with E-state index in [4.69, 9.17) is 4.74 Å². The molecule has 2 N–H and O–H groups in total. The molecular formula is C11H20O4. The molecule has 0 spiro atoms. The summed E-state index contributed by atoms with van der Waals surface area (Å²) in [6, 6.07) is 0. The van der Waals surface area contributed by atoms with Crippen LogP contribution in [0.1, 0.15) is 39.5 Å². The van der Waals surface area contributed by atoms with Crippen LogP contribution in [-0.4, -0.2) is 34.5 Å². The molecule has 0 saturated carbocycles. The number of aliphatic hydroxyl groups is 2. The van der Waals surface area contributed by atoms with Gasteiger partial charge >= 0.3 is 5.97 Å². The molecule has 0 bridgehead atoms. The molecule has 1 fully saturated rings. The summed E-state index contributed by atoms with van der Waals surface area (Å²) in [7, 11) is 0. The number of ether oxygens (including phenoxy) is 1. The van der Waals surface area contributed by atoms with Gasteiger partial charge in [0.05, 0.1) is 18.1 Å². The quantitative estimate of drug-likeness (QED) is 0.686. The minimum atomic E-state index is -0.610. The Hall–Kier alpha value is -0.610. The fraction of sp³-hybridized carbons (Fsp3) is 0.909. The minimum absolute atomic E-state index is 0.243. The summed E-state index contributed by atoms with van der Waals surface area (Å²) in [6.07, 6.45) is 1.05. The SMILES string of the molecule is CC[C@H](O)C[C@@H]1CC[C@H](O)[C@@H](C)C(=O)O1. The third-order valence-corrected chi connectivity index (χ3v) is 3.02. The second-order valence-electron chi connectivity index (χ2n) is 4.29. The molecule has 4 atom stereocenters. The number of hydrogen-bond acceptors (Lipinski definition) is 4. The van der Waals surface area contributed by atoms with E-state index >= 15 is 0 Å². The lowest BCUT2D eigenvalue weighted by molar-refractivity contribution is -0.155. The maximum absolute atomic E-state index is 11.4. The Morgan fingerprint density at radius 2 is 2.20 bits per heavy atom. The minimum Gasteiger partial charge on any atom is -0.462 e. The molecule has 88 valence electrons. The van der Waals surface area contributed by atoms with Gasteiger partial charge in [0.2, 0.25) is 0 Å². The van der Waals surface area contributed by atoms with E-state index in [1.807, 2.05) is 6.92 Å². The Morgan fingerprint density at radius 1 is 1.53 bits per heavy atom. The van der Waals surface area contributed by atoms with Crippen LogP contribution in [-0.2, 0) is 9.53 Å². The van der Waals surface area contributed by atoms with E-state index in [1.165, 1.54) is 0 Å². The van der Waals surface area contributed by atoms with Gasteiger partial charge in [-0.1, -0.05) is 6.92 Å². The smallest absolute Gasteiger partial charge is 0.311 e. The summed E-state index contributed by atoms with van der Waals surface area (Å²) < 4.78 is 5.21. The highest BCUT2D eigenvalue weighted by Gasteiger charge is 2.31. The van der Waals surface area contributed by atoms with Crippen LogP contribution in [0.25, 0.3) is 0 Å². The second-order valence-corrected chi connectivity index (χ2v) is 4.29. The van der Waals surface area contributed by atoms with Gasteiger partial charge in [-0.05, 0) is 26.2 Å². The Balaban J connectivity index is 2.51. The summed E-state index contributed by atoms with van der Waals surface area (Å²) in [5, 5.41) is 19.0. The molecule has 0 radical (unpaired) electrons. The molecule has 15 heavy (non-hydrogen) atoms. The average molecular weight is 216 g/mol. The predicted molar refractivity (Wildman–Crippen MR) is 55.2 cm³/mol. The molecule has 0 aromatic heterocycles. The molecular weight excluding hydrogens is 196 g/mol.